The molecule has 24 rings (SSSR count). The Kier molecular flexibility index (Phi) is 30.3. The summed E-state index contributed by atoms with van der Waals surface area (Å²) in [5.74, 6) is 1.76. The summed E-state index contributed by atoms with van der Waals surface area (Å²) in [6.45, 7) is 25.3. The zero-order chi connectivity index (χ0) is 98.2. The lowest BCUT2D eigenvalue weighted by atomic mass is 10.0. The molecule has 5 aromatic carbocycles. The fraction of sp³-hybridized carbons (Fsp3) is 0.348. The number of hydrogen-bond acceptors (Lipinski definition) is 25. The van der Waals surface area contributed by atoms with Gasteiger partial charge in [0.25, 0.3) is 23.6 Å². The number of benzene rings is 5. The highest BCUT2D eigenvalue weighted by atomic mass is 16.5. The highest BCUT2D eigenvalue weighted by molar-refractivity contribution is 6.15. The molecular weight excluding hydrogens is 1820 g/mol. The number of nitrogens with one attached hydrogen (secondary N) is 8. The number of fused-ring (bicyclic) bond motifs is 4. The smallest absolute Gasteiger partial charge is 0.276 e. The first-order valence-electron chi connectivity index (χ1n) is 51.3. The van der Waals surface area contributed by atoms with Gasteiger partial charge in [-0.2, -0.15) is 20.4 Å². The van der Waals surface area contributed by atoms with Crippen LogP contribution in [0.25, 0.3) is 88.1 Å². The van der Waals surface area contributed by atoms with Crippen LogP contribution in [0.3, 0.4) is 0 Å². The molecular formula is C112H124N28O5. The van der Waals surface area contributed by atoms with Crippen LogP contribution in [0.5, 0.6) is 0 Å². The van der Waals surface area contributed by atoms with Crippen molar-refractivity contribution < 1.29 is 23.9 Å². The van der Waals surface area contributed by atoms with Crippen molar-refractivity contribution in [1.29, 1.82) is 0 Å². The number of carbonyl (C=O) groups is 4. The zero-order valence-corrected chi connectivity index (χ0v) is 82.2. The number of piperidine rings is 1. The third-order valence-corrected chi connectivity index (χ3v) is 28.7. The highest BCUT2D eigenvalue weighted by Crippen LogP contribution is 2.35. The van der Waals surface area contributed by atoms with E-state index in [9.17, 15) is 19.2 Å². The maximum Gasteiger partial charge on any atom is 0.276 e. The van der Waals surface area contributed by atoms with E-state index >= 15 is 0 Å². The summed E-state index contributed by atoms with van der Waals surface area (Å²) in [5.41, 5.74) is 21.8. The molecule has 19 heterocycles. The minimum Gasteiger partial charge on any atom is -0.378 e. The first-order chi connectivity index (χ1) is 71.3. The van der Waals surface area contributed by atoms with Crippen molar-refractivity contribution in [2.75, 3.05) is 174 Å². The molecule has 8 saturated heterocycles. The Balaban J connectivity index is 0.000000114. The molecule has 33 heteroatoms. The fourth-order valence-corrected chi connectivity index (χ4v) is 20.7. The maximum absolute atomic E-state index is 13.2. The summed E-state index contributed by atoms with van der Waals surface area (Å²) in [7, 11) is 2.13. The molecule has 145 heavy (non-hydrogen) atoms. The van der Waals surface area contributed by atoms with Crippen molar-refractivity contribution in [2.24, 2.45) is 0 Å². The van der Waals surface area contributed by atoms with E-state index in [1.165, 1.54) is 124 Å². The van der Waals surface area contributed by atoms with Crippen LogP contribution >= 0.6 is 0 Å². The third-order valence-electron chi connectivity index (χ3n) is 28.7. The van der Waals surface area contributed by atoms with Crippen molar-refractivity contribution in [3.8, 4) is 44.5 Å². The number of aromatic nitrogens is 15. The largest absolute Gasteiger partial charge is 0.378 e. The number of likely N-dealkylation sites (tertiary alicyclic amines) is 5. The van der Waals surface area contributed by atoms with E-state index in [0.717, 1.165) is 249 Å². The van der Waals surface area contributed by atoms with Gasteiger partial charge in [-0.15, -0.1) is 0 Å². The van der Waals surface area contributed by atoms with Gasteiger partial charge in [0, 0.05) is 184 Å². The average molecular weight is 1940 g/mol. The first-order valence-corrected chi connectivity index (χ1v) is 51.3. The van der Waals surface area contributed by atoms with Gasteiger partial charge >= 0.3 is 0 Å². The van der Waals surface area contributed by atoms with Gasteiger partial charge < -0.3 is 45.6 Å². The number of ether oxygens (including phenoxy) is 1. The lowest BCUT2D eigenvalue weighted by Crippen LogP contribution is -2.44. The monoisotopic (exact) mass is 1940 g/mol. The van der Waals surface area contributed by atoms with Gasteiger partial charge in [0.15, 0.2) is 22.8 Å². The maximum atomic E-state index is 13.2. The molecule has 0 atom stereocenters. The Morgan fingerprint density at radius 1 is 0.262 bits per heavy atom. The Morgan fingerprint density at radius 2 is 0.531 bits per heavy atom. The van der Waals surface area contributed by atoms with Gasteiger partial charge in [0.1, 0.15) is 17.5 Å². The second kappa shape index (κ2) is 45.7. The predicted octanol–water partition coefficient (Wildman–Crippen LogP) is 17.3. The van der Waals surface area contributed by atoms with Gasteiger partial charge in [-0.05, 0) is 327 Å². The molecule has 8 N–H and O–H groups in total. The Morgan fingerprint density at radius 3 is 0.828 bits per heavy atom. The van der Waals surface area contributed by atoms with Crippen LogP contribution in [-0.2, 0) is 37.5 Å². The van der Waals surface area contributed by atoms with Crippen LogP contribution in [0.1, 0.15) is 153 Å². The van der Waals surface area contributed by atoms with Crippen molar-refractivity contribution in [1.82, 2.24) is 105 Å². The molecule has 0 bridgehead atoms. The number of morpholine rings is 1. The van der Waals surface area contributed by atoms with E-state index in [1.807, 2.05) is 165 Å². The van der Waals surface area contributed by atoms with Gasteiger partial charge in [-0.1, -0.05) is 36.4 Å². The van der Waals surface area contributed by atoms with Crippen LogP contribution in [-0.4, -0.2) is 267 Å². The van der Waals surface area contributed by atoms with Crippen LogP contribution in [0.4, 0.5) is 40.2 Å². The Bertz CT molecular complexity index is 6930. The van der Waals surface area contributed by atoms with E-state index in [-0.39, 0.29) is 23.6 Å². The lowest BCUT2D eigenvalue weighted by Gasteiger charge is -2.33. The fourth-order valence-electron chi connectivity index (χ4n) is 20.7. The number of piperazine rings is 1. The van der Waals surface area contributed by atoms with Crippen LogP contribution in [0, 0.1) is 0 Å². The standard InChI is InChI=1S/C29H32N6O.C28H32N8O.C28H31N7O.C27H29N7O2/c36-29(31-25-8-5-21(6-9-25)19-34-11-1-2-12-34)28-26-16-23(7-10-27(26)32-33-28)24-15-22(17-30-18-24)20-35-13-3-4-14-35;1-34-10-12-36(13-11-34)26-7-5-23(18-30-26)31-28(37)27-24-15-21(4-6-25(24)32-33-27)22-14-20(16-29-17-22)19-35-8-2-3-9-35;36-28(31-23-7-9-26(30-18-23)35-12-2-1-3-13-35)27-24-15-21(6-8-25(24)32-33-27)22-14-20(16-29-17-22)19-34-10-4-5-11-34;35-27(30-22-4-6-25(29-17-22)34-9-11-36-12-10-34)26-23-14-20(3-5-24(23)31-32-26)21-13-19(15-28-16-21)18-33-7-1-2-8-33/h5-10,15-18H,1-4,11-14,19-20H2,(H,31,36)(H,32,33);4-7,14-18H,2-3,8-13,19H2,1H3,(H,31,37)(H,32,33);6-9,14-18H,1-5,10-13,19H2,(H,31,36)(H,32,33);3-6,13-17H,1-2,7-12,18H2,(H,30,35)(H,31,32). The number of anilines is 7. The summed E-state index contributed by atoms with van der Waals surface area (Å²) in [5, 5.41) is 44.2. The SMILES string of the molecule is CN1CCN(c2ccc(NC(=O)c3n[nH]c4ccc(-c5cncc(CN6CCCC6)c5)cc34)cn2)CC1.O=C(Nc1ccc(CN2CCCC2)cc1)c1n[nH]c2ccc(-c3cncc(CN4CCCC4)c3)cc12.O=C(Nc1ccc(N2CCCCC2)nc1)c1n[nH]c2ccc(-c3cncc(CN4CCCC4)c3)cc12.O=C(Nc1ccc(N2CCOCC2)nc1)c1n[nH]c2ccc(-c3cncc(CN4CCCC4)c3)cc12. The van der Waals surface area contributed by atoms with Gasteiger partial charge in [0.05, 0.1) is 70.9 Å². The quantitative estimate of drug-likeness (QED) is 0.0263. The summed E-state index contributed by atoms with van der Waals surface area (Å²) < 4.78 is 5.40. The summed E-state index contributed by atoms with van der Waals surface area (Å²) in [6, 6.07) is 52.6. The molecule has 8 aliphatic rings. The summed E-state index contributed by atoms with van der Waals surface area (Å²) >= 11 is 0. The topological polar surface area (TPSA) is 360 Å². The van der Waals surface area contributed by atoms with Crippen molar-refractivity contribution in [3.63, 3.8) is 0 Å². The average Bonchev–Trinajstić information content (AvgIpc) is 1.67. The molecule has 0 aliphatic carbocycles. The molecule has 8 fully saturated rings. The van der Waals surface area contributed by atoms with Gasteiger partial charge in [0.2, 0.25) is 0 Å². The van der Waals surface area contributed by atoms with Crippen LogP contribution in [0.15, 0.2) is 226 Å². The molecule has 0 unspecified atom stereocenters. The Hall–Kier alpha value is -15.0. The van der Waals surface area contributed by atoms with Crippen molar-refractivity contribution in [2.45, 2.75) is 116 Å². The van der Waals surface area contributed by atoms with Crippen molar-refractivity contribution >= 4 is 107 Å². The third kappa shape index (κ3) is 24.1. The minimum atomic E-state index is -0.278. The second-order valence-electron chi connectivity index (χ2n) is 39.2. The summed E-state index contributed by atoms with van der Waals surface area (Å²) in [4.78, 5) is 106. The predicted molar refractivity (Wildman–Crippen MR) is 570 cm³/mol. The van der Waals surface area contributed by atoms with Crippen LogP contribution < -0.4 is 36.0 Å². The number of carbonyl (C=O) groups excluding carboxylic acids is 4. The Labute approximate surface area is 842 Å². The zero-order valence-electron chi connectivity index (χ0n) is 82.2. The molecule has 742 valence electrons. The number of hydrogen-bond donors (Lipinski definition) is 8. The molecule has 33 nitrogen and oxygen atoms in total. The van der Waals surface area contributed by atoms with E-state index in [4.69, 9.17) is 4.74 Å². The molecule has 4 amide bonds. The molecule has 8 aliphatic heterocycles. The first kappa shape index (κ1) is 96.2. The summed E-state index contributed by atoms with van der Waals surface area (Å²) in [6.07, 6.45) is 36.8. The number of H-pyrrole nitrogens is 4. The van der Waals surface area contributed by atoms with Gasteiger partial charge in [-0.25, -0.2) is 15.0 Å². The molecule has 0 radical (unpaired) electrons. The number of nitrogens with zero attached hydrogens (tertiary/aromatic N) is 20. The molecule has 16 aromatic rings. The van der Waals surface area contributed by atoms with Gasteiger partial charge in [-0.3, -0.25) is 84.0 Å². The number of amides is 4. The van der Waals surface area contributed by atoms with Crippen LogP contribution in [0.2, 0.25) is 0 Å². The lowest BCUT2D eigenvalue weighted by molar-refractivity contribution is 0.101. The number of aromatic amines is 4. The minimum absolute atomic E-state index is 0.216. The molecule has 0 spiro atoms. The highest BCUT2D eigenvalue weighted by Gasteiger charge is 2.27. The van der Waals surface area contributed by atoms with E-state index in [1.54, 1.807) is 18.6 Å². The van der Waals surface area contributed by atoms with E-state index in [2.05, 4.69) is 191 Å². The number of pyridine rings is 7. The molecule has 11 aromatic heterocycles. The number of likely N-dealkylation sites (N-methyl/N-ethyl adjacent to an activating group) is 1. The second-order valence-corrected chi connectivity index (χ2v) is 39.2. The molecule has 0 saturated carbocycles. The van der Waals surface area contributed by atoms with E-state index in [0.29, 0.717) is 53.1 Å². The number of rotatable bonds is 25. The normalized spacial score (nSPS) is 16.7. The van der Waals surface area contributed by atoms with E-state index < -0.39 is 0 Å². The van der Waals surface area contributed by atoms with Crippen molar-refractivity contribution in [3.05, 3.63) is 276 Å².